The van der Waals surface area contributed by atoms with Crippen LogP contribution in [-0.4, -0.2) is 18.7 Å². The molecule has 0 saturated carbocycles. The number of nitrogens with zero attached hydrogens (tertiary/aromatic N) is 1. The number of carbonyl (C=O) groups excluding carboxylic acids is 1. The van der Waals surface area contributed by atoms with Crippen LogP contribution in [0.15, 0.2) is 80.7 Å². The zero-order valence-corrected chi connectivity index (χ0v) is 20.0. The van der Waals surface area contributed by atoms with Crippen LogP contribution in [0, 0.1) is 0 Å². The third-order valence-electron chi connectivity index (χ3n) is 4.66. The van der Waals surface area contributed by atoms with E-state index in [4.69, 9.17) is 25.5 Å². The molecule has 6 nitrogen and oxygen atoms in total. The van der Waals surface area contributed by atoms with Gasteiger partial charge in [-0.3, -0.25) is 4.79 Å². The van der Waals surface area contributed by atoms with Gasteiger partial charge in [-0.05, 0) is 72.6 Å². The first-order valence-electron chi connectivity index (χ1n) is 10.2. The number of hydrazone groups is 1. The second kappa shape index (κ2) is 10.6. The van der Waals surface area contributed by atoms with Crippen molar-refractivity contribution in [1.82, 2.24) is 5.43 Å². The smallest absolute Gasteiger partial charge is 0.307 e. The molecule has 33 heavy (non-hydrogen) atoms. The summed E-state index contributed by atoms with van der Waals surface area (Å²) in [5, 5.41) is 5.54. The molecule has 0 aliphatic rings. The number of fused-ring (bicyclic) bond motifs is 1. The van der Waals surface area contributed by atoms with Gasteiger partial charge in [0.2, 0.25) is 0 Å². The number of nitrogens with one attached hydrogen (secondary N) is 1. The summed E-state index contributed by atoms with van der Waals surface area (Å²) in [7, 11) is 0. The van der Waals surface area contributed by atoms with Gasteiger partial charge in [0.1, 0.15) is 12.2 Å². The van der Waals surface area contributed by atoms with E-state index in [9.17, 15) is 4.79 Å². The lowest BCUT2D eigenvalue weighted by molar-refractivity contribution is 0.0929. The third kappa shape index (κ3) is 5.94. The van der Waals surface area contributed by atoms with Crippen LogP contribution >= 0.6 is 27.5 Å². The van der Waals surface area contributed by atoms with Crippen LogP contribution in [0.2, 0.25) is 5.02 Å². The van der Waals surface area contributed by atoms with Crippen LogP contribution in [-0.2, 0) is 6.61 Å². The van der Waals surface area contributed by atoms with Gasteiger partial charge < -0.3 is 13.9 Å². The number of furan rings is 1. The van der Waals surface area contributed by atoms with Crippen molar-refractivity contribution in [2.45, 2.75) is 13.5 Å². The van der Waals surface area contributed by atoms with Gasteiger partial charge in [0.05, 0.1) is 12.8 Å². The van der Waals surface area contributed by atoms with Crippen LogP contribution in [0.3, 0.4) is 0 Å². The molecule has 1 N–H and O–H groups in total. The molecule has 0 bridgehead atoms. The second-order valence-corrected chi connectivity index (χ2v) is 8.40. The molecule has 0 fully saturated rings. The maximum atomic E-state index is 12.4. The molecule has 168 valence electrons. The second-order valence-electron chi connectivity index (χ2n) is 7.05. The monoisotopic (exact) mass is 526 g/mol. The molecule has 0 spiro atoms. The molecule has 0 unspecified atom stereocenters. The SMILES string of the molecule is CCOc1cc(/C=N/NC(=O)c2cc3cc(Br)ccc3o2)ccc1OCc1ccc(Cl)cc1. The quantitative estimate of drug-likeness (QED) is 0.207. The van der Waals surface area contributed by atoms with Crippen molar-refractivity contribution in [1.29, 1.82) is 0 Å². The van der Waals surface area contributed by atoms with Crippen LogP contribution < -0.4 is 14.9 Å². The van der Waals surface area contributed by atoms with E-state index in [0.29, 0.717) is 35.3 Å². The first-order chi connectivity index (χ1) is 16.0. The highest BCUT2D eigenvalue weighted by Crippen LogP contribution is 2.29. The number of hydrogen-bond donors (Lipinski definition) is 1. The molecule has 0 aliphatic heterocycles. The predicted molar refractivity (Wildman–Crippen MR) is 132 cm³/mol. The van der Waals surface area contributed by atoms with Gasteiger partial charge in [-0.1, -0.05) is 39.7 Å². The number of ether oxygens (including phenoxy) is 2. The molecule has 4 aromatic rings. The molecule has 1 aromatic heterocycles. The summed E-state index contributed by atoms with van der Waals surface area (Å²) in [6, 6.07) is 20.1. The Morgan fingerprint density at radius 3 is 2.67 bits per heavy atom. The molecule has 0 atom stereocenters. The molecular formula is C25H20BrClN2O4. The Labute approximate surface area is 204 Å². The topological polar surface area (TPSA) is 73.1 Å². The average molecular weight is 528 g/mol. The van der Waals surface area contributed by atoms with Gasteiger partial charge in [-0.2, -0.15) is 5.10 Å². The number of benzene rings is 3. The number of carbonyl (C=O) groups is 1. The largest absolute Gasteiger partial charge is 0.490 e. The fourth-order valence-electron chi connectivity index (χ4n) is 3.08. The fraction of sp³-hybridized carbons (Fsp3) is 0.120. The molecule has 8 heteroatoms. The zero-order chi connectivity index (χ0) is 23.2. The number of hydrogen-bond acceptors (Lipinski definition) is 5. The highest BCUT2D eigenvalue weighted by Gasteiger charge is 2.12. The van der Waals surface area contributed by atoms with Gasteiger partial charge in [0, 0.05) is 14.9 Å². The van der Waals surface area contributed by atoms with E-state index in [1.807, 2.05) is 49.4 Å². The highest BCUT2D eigenvalue weighted by molar-refractivity contribution is 9.10. The summed E-state index contributed by atoms with van der Waals surface area (Å²) in [6.07, 6.45) is 1.53. The minimum absolute atomic E-state index is 0.182. The summed E-state index contributed by atoms with van der Waals surface area (Å²) >= 11 is 9.33. The summed E-state index contributed by atoms with van der Waals surface area (Å²) < 4.78 is 18.1. The number of rotatable bonds is 8. The summed E-state index contributed by atoms with van der Waals surface area (Å²) in [6.45, 7) is 2.77. The molecule has 0 aliphatic carbocycles. The van der Waals surface area contributed by atoms with E-state index in [1.165, 1.54) is 6.21 Å². The highest BCUT2D eigenvalue weighted by atomic mass is 79.9. The van der Waals surface area contributed by atoms with Gasteiger partial charge in [-0.15, -0.1) is 0 Å². The van der Waals surface area contributed by atoms with Crippen molar-refractivity contribution >= 4 is 50.6 Å². The van der Waals surface area contributed by atoms with Crippen LogP contribution in [0.1, 0.15) is 28.6 Å². The van der Waals surface area contributed by atoms with Gasteiger partial charge in [0.25, 0.3) is 0 Å². The molecule has 3 aromatic carbocycles. The summed E-state index contributed by atoms with van der Waals surface area (Å²) in [5.41, 5.74) is 4.85. The standard InChI is InChI=1S/C25H20BrClN2O4/c1-2-31-23-11-17(5-9-22(23)32-15-16-3-7-20(27)8-4-16)14-28-29-25(30)24-13-18-12-19(26)6-10-21(18)33-24/h3-14H,2,15H2,1H3,(H,29,30)/b28-14+. The lowest BCUT2D eigenvalue weighted by Crippen LogP contribution is -2.16. The Balaban J connectivity index is 1.41. The minimum atomic E-state index is -0.438. The van der Waals surface area contributed by atoms with Crippen molar-refractivity contribution in [3.63, 3.8) is 0 Å². The van der Waals surface area contributed by atoms with Crippen molar-refractivity contribution in [3.8, 4) is 11.5 Å². The van der Waals surface area contributed by atoms with Gasteiger partial charge in [-0.25, -0.2) is 5.43 Å². The van der Waals surface area contributed by atoms with Gasteiger partial charge >= 0.3 is 5.91 Å². The van der Waals surface area contributed by atoms with Crippen molar-refractivity contribution in [2.24, 2.45) is 5.10 Å². The Morgan fingerprint density at radius 1 is 1.06 bits per heavy atom. The van der Waals surface area contributed by atoms with Crippen LogP contribution in [0.25, 0.3) is 11.0 Å². The first kappa shape index (κ1) is 22.9. The predicted octanol–water partition coefficient (Wildman–Crippen LogP) is 6.59. The maximum Gasteiger partial charge on any atom is 0.307 e. The zero-order valence-electron chi connectivity index (χ0n) is 17.7. The van der Waals surface area contributed by atoms with E-state index >= 15 is 0 Å². The van der Waals surface area contributed by atoms with Crippen molar-refractivity contribution in [3.05, 3.63) is 93.1 Å². The molecular weight excluding hydrogens is 508 g/mol. The first-order valence-corrected chi connectivity index (χ1v) is 11.4. The van der Waals surface area contributed by atoms with Crippen LogP contribution in [0.4, 0.5) is 0 Å². The number of halogens is 2. The van der Waals surface area contributed by atoms with E-state index in [2.05, 4.69) is 26.5 Å². The maximum absolute atomic E-state index is 12.4. The molecule has 0 radical (unpaired) electrons. The van der Waals surface area contributed by atoms with Gasteiger partial charge in [0.15, 0.2) is 17.3 Å². The third-order valence-corrected chi connectivity index (χ3v) is 5.40. The Morgan fingerprint density at radius 2 is 1.88 bits per heavy atom. The average Bonchev–Trinajstić information content (AvgIpc) is 3.23. The van der Waals surface area contributed by atoms with Crippen molar-refractivity contribution in [2.75, 3.05) is 6.61 Å². The minimum Gasteiger partial charge on any atom is -0.490 e. The van der Waals surface area contributed by atoms with E-state index in [0.717, 1.165) is 21.0 Å². The molecule has 1 amide bonds. The number of amides is 1. The van der Waals surface area contributed by atoms with E-state index in [1.54, 1.807) is 24.3 Å². The lowest BCUT2D eigenvalue weighted by Gasteiger charge is -2.12. The molecule has 0 saturated heterocycles. The molecule has 4 rings (SSSR count). The van der Waals surface area contributed by atoms with Crippen LogP contribution in [0.5, 0.6) is 11.5 Å². The normalized spacial score (nSPS) is 11.1. The van der Waals surface area contributed by atoms with E-state index < -0.39 is 5.91 Å². The summed E-state index contributed by atoms with van der Waals surface area (Å²) in [5.74, 6) is 0.943. The lowest BCUT2D eigenvalue weighted by atomic mass is 10.2. The van der Waals surface area contributed by atoms with E-state index in [-0.39, 0.29) is 5.76 Å². The summed E-state index contributed by atoms with van der Waals surface area (Å²) in [4.78, 5) is 12.4. The Hall–Kier alpha value is -3.29. The van der Waals surface area contributed by atoms with Crippen molar-refractivity contribution < 1.29 is 18.7 Å². The Bertz CT molecular complexity index is 1300. The Kier molecular flexibility index (Phi) is 7.32. The molecule has 1 heterocycles. The fourth-order valence-corrected chi connectivity index (χ4v) is 3.59.